The zero-order valence-corrected chi connectivity index (χ0v) is 42.8. The minimum atomic E-state index is -2.00. The van der Waals surface area contributed by atoms with Gasteiger partial charge in [0.2, 0.25) is 0 Å². The fourth-order valence-corrected chi connectivity index (χ4v) is 26.6. The Labute approximate surface area is 402 Å². The molecule has 4 heteroatoms. The van der Waals surface area contributed by atoms with E-state index < -0.39 is 16.1 Å². The van der Waals surface area contributed by atoms with Crippen LogP contribution in [-0.4, -0.2) is 16.1 Å². The molecule has 3 aliphatic rings. The van der Waals surface area contributed by atoms with Gasteiger partial charge in [0.25, 0.3) is 0 Å². The highest BCUT2D eigenvalue weighted by Crippen LogP contribution is 2.60. The number of rotatable bonds is 10. The first-order valence-electron chi connectivity index (χ1n) is 25.6. The predicted molar refractivity (Wildman–Crippen MR) is 295 cm³/mol. The third kappa shape index (κ3) is 7.69. The van der Waals surface area contributed by atoms with E-state index in [0.29, 0.717) is 11.8 Å². The average Bonchev–Trinajstić information content (AvgIpc) is 3.66. The summed E-state index contributed by atoms with van der Waals surface area (Å²) in [5.74, 6) is 1.38. The van der Waals surface area contributed by atoms with E-state index in [1.807, 2.05) is 0 Å². The maximum absolute atomic E-state index is 2.65. The first-order chi connectivity index (χ1) is 32.5. The molecule has 0 heterocycles. The molecular weight excluding hydrogens is 841 g/mol. The minimum Gasteiger partial charge on any atom is -0.310 e. The summed E-state index contributed by atoms with van der Waals surface area (Å²) in [4.78, 5) is 4.93. The average molecular weight is 909 g/mol. The van der Waals surface area contributed by atoms with E-state index in [1.54, 1.807) is 11.1 Å². The van der Waals surface area contributed by atoms with Crippen molar-refractivity contribution in [3.8, 4) is 11.1 Å². The molecule has 67 heavy (non-hydrogen) atoms. The largest absolute Gasteiger partial charge is 0.310 e. The van der Waals surface area contributed by atoms with Crippen molar-refractivity contribution >= 4 is 71.8 Å². The first kappa shape index (κ1) is 43.9. The van der Waals surface area contributed by atoms with Gasteiger partial charge in [0.15, 0.2) is 0 Å². The van der Waals surface area contributed by atoms with Crippen molar-refractivity contribution in [2.45, 2.75) is 120 Å². The van der Waals surface area contributed by atoms with Gasteiger partial charge in [-0.2, -0.15) is 0 Å². The Morgan fingerprint density at radius 1 is 0.373 bits per heavy atom. The fraction of sp³-hybridized carbons (Fsp3) is 0.302. The van der Waals surface area contributed by atoms with Crippen LogP contribution >= 0.6 is 0 Å². The molecule has 0 saturated heterocycles. The lowest BCUT2D eigenvalue weighted by molar-refractivity contribution is 0.443. The van der Waals surface area contributed by atoms with E-state index in [1.165, 1.54) is 142 Å². The summed E-state index contributed by atoms with van der Waals surface area (Å²) in [6.45, 7) is 15.9. The maximum atomic E-state index is 2.65. The Kier molecular flexibility index (Phi) is 11.4. The van der Waals surface area contributed by atoms with Crippen molar-refractivity contribution in [3.63, 3.8) is 0 Å². The molecule has 8 aromatic carbocycles. The Morgan fingerprint density at radius 3 is 1.30 bits per heavy atom. The molecule has 0 N–H and O–H groups in total. The molecule has 8 aromatic rings. The van der Waals surface area contributed by atoms with Gasteiger partial charge in [-0.3, -0.25) is 0 Å². The van der Waals surface area contributed by atoms with Crippen LogP contribution in [0.3, 0.4) is 0 Å². The van der Waals surface area contributed by atoms with Gasteiger partial charge in [0.05, 0.1) is 16.1 Å². The van der Waals surface area contributed by atoms with E-state index in [4.69, 9.17) is 0 Å². The molecule has 11 rings (SSSR count). The van der Waals surface area contributed by atoms with Crippen LogP contribution in [0.15, 0.2) is 170 Å². The normalized spacial score (nSPS) is 16.5. The first-order valence-corrected chi connectivity index (χ1v) is 32.6. The van der Waals surface area contributed by atoms with Crippen LogP contribution in [0.5, 0.6) is 0 Å². The van der Waals surface area contributed by atoms with Gasteiger partial charge in [-0.1, -0.05) is 169 Å². The second-order valence-corrected chi connectivity index (χ2v) is 33.3. The molecule has 0 bridgehead atoms. The molecule has 338 valence electrons. The lowest BCUT2D eigenvalue weighted by Gasteiger charge is -2.51. The number of nitrogens with zero attached hydrogens (tertiary/aromatic N) is 2. The van der Waals surface area contributed by atoms with Crippen LogP contribution in [-0.2, 0) is 4.66 Å². The molecule has 0 radical (unpaired) electrons. The number of anilines is 6. The maximum Gasteiger partial charge on any atom is 0.0579 e. The van der Waals surface area contributed by atoms with Gasteiger partial charge < -0.3 is 9.80 Å². The smallest absolute Gasteiger partial charge is 0.0579 e. The number of benzene rings is 8. The molecule has 0 aromatic heterocycles. The monoisotopic (exact) mass is 908 g/mol. The number of para-hydroxylation sites is 2. The number of hydrogen-bond donors (Lipinski definition) is 0. The molecule has 2 fully saturated rings. The van der Waals surface area contributed by atoms with Crippen LogP contribution in [0.1, 0.15) is 98.3 Å². The molecule has 0 amide bonds. The molecule has 3 aliphatic carbocycles. The second kappa shape index (κ2) is 17.4. The zero-order valence-electron chi connectivity index (χ0n) is 40.8. The van der Waals surface area contributed by atoms with Gasteiger partial charge in [-0.25, -0.2) is 0 Å². The van der Waals surface area contributed by atoms with Gasteiger partial charge in [-0.15, -0.1) is 0 Å². The van der Waals surface area contributed by atoms with Gasteiger partial charge >= 0.3 is 0 Å². The van der Waals surface area contributed by atoms with Crippen molar-refractivity contribution in [1.82, 2.24) is 0 Å². The van der Waals surface area contributed by atoms with E-state index >= 15 is 0 Å². The Morgan fingerprint density at radius 2 is 0.806 bits per heavy atom. The van der Waals surface area contributed by atoms with Crippen molar-refractivity contribution < 1.29 is 0 Å². The SMILES string of the molecule is C[Si](C)(C)C1([Si](C)(C)C)c2cc3cc(N(c4ccccc4)c4ccc(C5CCCCC5)cc4)ccc3cc2-c2ccc3cc(N(c4ccccc4)c4ccc(C5CCCCC5)cc4)ccc3c21. The Hall–Kier alpha value is -5.69. The van der Waals surface area contributed by atoms with Crippen LogP contribution < -0.4 is 9.80 Å². The molecule has 2 nitrogen and oxygen atoms in total. The van der Waals surface area contributed by atoms with Crippen LogP contribution in [0.25, 0.3) is 32.7 Å². The third-order valence-electron chi connectivity index (χ3n) is 16.3. The molecule has 0 aliphatic heterocycles. The second-order valence-electron chi connectivity index (χ2n) is 22.3. The highest BCUT2D eigenvalue weighted by atomic mass is 28.4. The van der Waals surface area contributed by atoms with E-state index in [0.717, 1.165) is 0 Å². The Balaban J connectivity index is 1.03. The lowest BCUT2D eigenvalue weighted by Crippen LogP contribution is -2.63. The van der Waals surface area contributed by atoms with Gasteiger partial charge in [0, 0.05) is 38.8 Å². The number of fused-ring (bicyclic) bond motifs is 6. The molecule has 0 atom stereocenters. The highest BCUT2D eigenvalue weighted by molar-refractivity contribution is 7.00. The minimum absolute atomic E-state index is 0.0159. The summed E-state index contributed by atoms with van der Waals surface area (Å²) in [6, 6.07) is 65.7. The Bertz CT molecular complexity index is 3030. The van der Waals surface area contributed by atoms with E-state index in [9.17, 15) is 0 Å². The zero-order chi connectivity index (χ0) is 45.9. The predicted octanol–water partition coefficient (Wildman–Crippen LogP) is 19.0. The summed E-state index contributed by atoms with van der Waals surface area (Å²) in [6.07, 6.45) is 13.4. The highest BCUT2D eigenvalue weighted by Gasteiger charge is 2.59. The van der Waals surface area contributed by atoms with Crippen molar-refractivity contribution in [3.05, 3.63) is 192 Å². The van der Waals surface area contributed by atoms with Gasteiger partial charge in [0.1, 0.15) is 0 Å². The van der Waals surface area contributed by atoms with E-state index in [2.05, 4.69) is 219 Å². The summed E-state index contributed by atoms with van der Waals surface area (Å²) in [7, 11) is -3.99. The van der Waals surface area contributed by atoms with E-state index in [-0.39, 0.29) is 4.66 Å². The molecule has 2 saturated carbocycles. The quantitative estimate of drug-likeness (QED) is 0.126. The third-order valence-corrected chi connectivity index (χ3v) is 26.3. The van der Waals surface area contributed by atoms with Crippen molar-refractivity contribution in [2.24, 2.45) is 0 Å². The summed E-state index contributed by atoms with van der Waals surface area (Å²) in [5.41, 5.74) is 16.2. The van der Waals surface area contributed by atoms with Crippen LogP contribution in [0.4, 0.5) is 34.1 Å². The van der Waals surface area contributed by atoms with Crippen molar-refractivity contribution in [1.29, 1.82) is 0 Å². The molecule has 0 unspecified atom stereocenters. The van der Waals surface area contributed by atoms with Gasteiger partial charge in [-0.05, 0) is 171 Å². The summed E-state index contributed by atoms with van der Waals surface area (Å²) >= 11 is 0. The summed E-state index contributed by atoms with van der Waals surface area (Å²) < 4.78 is -0.0159. The fourth-order valence-electron chi connectivity index (χ4n) is 13.6. The summed E-state index contributed by atoms with van der Waals surface area (Å²) in [5, 5.41) is 5.37. The lowest BCUT2D eigenvalue weighted by atomic mass is 9.84. The topological polar surface area (TPSA) is 6.48 Å². The molecular formula is C63H68N2Si2. The van der Waals surface area contributed by atoms with Crippen molar-refractivity contribution in [2.75, 3.05) is 9.80 Å². The van der Waals surface area contributed by atoms with Crippen LogP contribution in [0, 0.1) is 0 Å². The standard InChI is InChI=1S/C63H68N2Si2/c1-66(2,3)63(67(4,5)6)61-44-51-42-56(64(52-23-15-9-16-24-52)54-33-27-47(28-34-54)45-19-11-7-12-20-45)37-31-49(51)43-60(61)59-39-32-50-41-57(38-40-58(50)62(59)63)65(53-25-17-10-18-26-53)55-35-29-48(30-36-55)46-21-13-8-14-22-46/h9-10,15-18,23-46H,7-8,11-14,19-22H2,1-6H3. The number of hydrogen-bond acceptors (Lipinski definition) is 2. The van der Waals surface area contributed by atoms with Crippen LogP contribution in [0.2, 0.25) is 39.3 Å². The molecule has 0 spiro atoms.